The molecule has 0 aromatic heterocycles. The number of nitrogens with one attached hydrogen (secondary N) is 1. The maximum absolute atomic E-state index is 5.06. The van der Waals surface area contributed by atoms with Crippen LogP contribution in [0.1, 0.15) is 6.92 Å². The Labute approximate surface area is 94.6 Å². The monoisotopic (exact) mass is 217 g/mol. The zero-order valence-electron chi connectivity index (χ0n) is 10.8. The molecule has 0 aliphatic heterocycles. The van der Waals surface area contributed by atoms with E-state index in [0.717, 1.165) is 45.9 Å². The van der Waals surface area contributed by atoms with Crippen LogP contribution in [0, 0.1) is 0 Å². The zero-order valence-corrected chi connectivity index (χ0v) is 10.8. The number of methoxy groups -OCH3 is 1. The van der Waals surface area contributed by atoms with E-state index in [2.05, 4.69) is 36.1 Å². The summed E-state index contributed by atoms with van der Waals surface area (Å²) in [4.78, 5) is 4.58. The van der Waals surface area contributed by atoms with E-state index >= 15 is 0 Å². The molecule has 0 aromatic rings. The van der Waals surface area contributed by atoms with Crippen molar-refractivity contribution < 1.29 is 4.74 Å². The van der Waals surface area contributed by atoms with Crippen LogP contribution < -0.4 is 5.32 Å². The molecule has 4 heteroatoms. The van der Waals surface area contributed by atoms with E-state index in [0.29, 0.717) is 0 Å². The summed E-state index contributed by atoms with van der Waals surface area (Å²) >= 11 is 0. The maximum Gasteiger partial charge on any atom is 0.0589 e. The van der Waals surface area contributed by atoms with E-state index in [1.807, 2.05) is 0 Å². The highest BCUT2D eigenvalue weighted by Gasteiger charge is 2.00. The van der Waals surface area contributed by atoms with Crippen LogP contribution in [0.15, 0.2) is 0 Å². The number of ether oxygens (including phenoxy) is 1. The van der Waals surface area contributed by atoms with Gasteiger partial charge in [-0.1, -0.05) is 6.92 Å². The Morgan fingerprint density at radius 3 is 2.27 bits per heavy atom. The van der Waals surface area contributed by atoms with Crippen molar-refractivity contribution in [3.05, 3.63) is 0 Å². The van der Waals surface area contributed by atoms with Crippen LogP contribution in [0.4, 0.5) is 0 Å². The molecule has 1 N–H and O–H groups in total. The molecule has 0 spiro atoms. The summed E-state index contributed by atoms with van der Waals surface area (Å²) in [5.74, 6) is 0. The molecule has 0 aliphatic carbocycles. The second-order valence-electron chi connectivity index (χ2n) is 3.98. The molecule has 0 rings (SSSR count). The largest absolute Gasteiger partial charge is 0.383 e. The molecule has 0 heterocycles. The summed E-state index contributed by atoms with van der Waals surface area (Å²) in [7, 11) is 5.94. The molecule has 0 bridgehead atoms. The molecule has 0 aromatic carbocycles. The first kappa shape index (κ1) is 14.8. The molecule has 0 atom stereocenters. The average Bonchev–Trinajstić information content (AvgIpc) is 2.21. The Morgan fingerprint density at radius 2 is 1.73 bits per heavy atom. The van der Waals surface area contributed by atoms with Gasteiger partial charge in [0.05, 0.1) is 6.61 Å². The standard InChI is InChI=1S/C11H27N3O/c1-5-14(10-11-15-4)9-7-12-6-8-13(2)3/h12H,5-11H2,1-4H3. The molecular formula is C11H27N3O. The van der Waals surface area contributed by atoms with Crippen molar-refractivity contribution in [1.29, 1.82) is 0 Å². The first-order valence-corrected chi connectivity index (χ1v) is 5.77. The Hall–Kier alpha value is -0.160. The van der Waals surface area contributed by atoms with Crippen molar-refractivity contribution in [2.75, 3.05) is 67.1 Å². The van der Waals surface area contributed by atoms with Gasteiger partial charge in [0.25, 0.3) is 0 Å². The Kier molecular flexibility index (Phi) is 10.3. The van der Waals surface area contributed by atoms with E-state index < -0.39 is 0 Å². The SMILES string of the molecule is CCN(CCNCCN(C)C)CCOC. The minimum absolute atomic E-state index is 0.825. The minimum Gasteiger partial charge on any atom is -0.383 e. The van der Waals surface area contributed by atoms with Crippen molar-refractivity contribution in [3.8, 4) is 0 Å². The van der Waals surface area contributed by atoms with Crippen LogP contribution in [-0.2, 0) is 4.74 Å². The minimum atomic E-state index is 0.825. The second-order valence-corrected chi connectivity index (χ2v) is 3.98. The third-order valence-corrected chi connectivity index (χ3v) is 2.40. The van der Waals surface area contributed by atoms with Crippen molar-refractivity contribution in [1.82, 2.24) is 15.1 Å². The molecule has 0 aliphatic rings. The number of rotatable bonds is 10. The molecule has 0 amide bonds. The van der Waals surface area contributed by atoms with Crippen molar-refractivity contribution in [2.45, 2.75) is 6.92 Å². The summed E-state index contributed by atoms with van der Waals surface area (Å²) in [6.45, 7) is 9.47. The fourth-order valence-electron chi connectivity index (χ4n) is 1.31. The van der Waals surface area contributed by atoms with Gasteiger partial charge in [-0.3, -0.25) is 0 Å². The van der Waals surface area contributed by atoms with Crippen molar-refractivity contribution in [3.63, 3.8) is 0 Å². The molecule has 15 heavy (non-hydrogen) atoms. The maximum atomic E-state index is 5.06. The summed E-state index contributed by atoms with van der Waals surface area (Å²) in [6, 6.07) is 0. The highest BCUT2D eigenvalue weighted by atomic mass is 16.5. The van der Waals surface area contributed by atoms with E-state index in [9.17, 15) is 0 Å². The van der Waals surface area contributed by atoms with Crippen LogP contribution in [0.2, 0.25) is 0 Å². The van der Waals surface area contributed by atoms with Crippen LogP contribution in [-0.4, -0.2) is 76.9 Å². The lowest BCUT2D eigenvalue weighted by molar-refractivity contribution is 0.151. The smallest absolute Gasteiger partial charge is 0.0589 e. The third-order valence-electron chi connectivity index (χ3n) is 2.40. The first-order chi connectivity index (χ1) is 7.20. The fraction of sp³-hybridized carbons (Fsp3) is 1.00. The predicted octanol–water partition coefficient (Wildman–Crippen LogP) is 0.106. The Morgan fingerprint density at radius 1 is 1.07 bits per heavy atom. The fourth-order valence-corrected chi connectivity index (χ4v) is 1.31. The normalized spacial score (nSPS) is 11.6. The molecule has 0 saturated carbocycles. The molecular weight excluding hydrogens is 190 g/mol. The van der Waals surface area contributed by atoms with Gasteiger partial charge >= 0.3 is 0 Å². The molecule has 4 nitrogen and oxygen atoms in total. The van der Waals surface area contributed by atoms with Crippen LogP contribution in [0.5, 0.6) is 0 Å². The molecule has 0 fully saturated rings. The summed E-state index contributed by atoms with van der Waals surface area (Å²) in [5.41, 5.74) is 0. The zero-order chi connectivity index (χ0) is 11.5. The van der Waals surface area contributed by atoms with Gasteiger partial charge < -0.3 is 19.9 Å². The van der Waals surface area contributed by atoms with Gasteiger partial charge in [0.15, 0.2) is 0 Å². The Bertz CT molecular complexity index is 131. The number of hydrogen-bond acceptors (Lipinski definition) is 4. The lowest BCUT2D eigenvalue weighted by atomic mass is 10.4. The third kappa shape index (κ3) is 10.1. The van der Waals surface area contributed by atoms with Gasteiger partial charge in [-0.25, -0.2) is 0 Å². The van der Waals surface area contributed by atoms with E-state index in [4.69, 9.17) is 4.74 Å². The van der Waals surface area contributed by atoms with Crippen LogP contribution in [0.25, 0.3) is 0 Å². The molecule has 92 valence electrons. The van der Waals surface area contributed by atoms with E-state index in [1.165, 1.54) is 0 Å². The van der Waals surface area contributed by atoms with Gasteiger partial charge in [0.2, 0.25) is 0 Å². The van der Waals surface area contributed by atoms with Gasteiger partial charge in [-0.15, -0.1) is 0 Å². The van der Waals surface area contributed by atoms with Crippen molar-refractivity contribution in [2.24, 2.45) is 0 Å². The Balaban J connectivity index is 3.30. The highest BCUT2D eigenvalue weighted by molar-refractivity contribution is 4.58. The quantitative estimate of drug-likeness (QED) is 0.526. The van der Waals surface area contributed by atoms with E-state index in [1.54, 1.807) is 7.11 Å². The first-order valence-electron chi connectivity index (χ1n) is 5.77. The number of hydrogen-bond donors (Lipinski definition) is 1. The predicted molar refractivity (Wildman–Crippen MR) is 65.4 cm³/mol. The van der Waals surface area contributed by atoms with Gasteiger partial charge in [0, 0.05) is 39.8 Å². The summed E-state index contributed by atoms with van der Waals surface area (Å²) in [5, 5.41) is 3.43. The highest BCUT2D eigenvalue weighted by Crippen LogP contribution is 1.86. The summed E-state index contributed by atoms with van der Waals surface area (Å²) in [6.07, 6.45) is 0. The average molecular weight is 217 g/mol. The molecule has 0 unspecified atom stereocenters. The second kappa shape index (κ2) is 10.4. The molecule has 0 radical (unpaired) electrons. The van der Waals surface area contributed by atoms with Gasteiger partial charge in [-0.2, -0.15) is 0 Å². The number of nitrogens with zero attached hydrogens (tertiary/aromatic N) is 2. The van der Waals surface area contributed by atoms with Gasteiger partial charge in [-0.05, 0) is 20.6 Å². The topological polar surface area (TPSA) is 27.7 Å². The lowest BCUT2D eigenvalue weighted by Crippen LogP contribution is -2.36. The van der Waals surface area contributed by atoms with Crippen molar-refractivity contribution >= 4 is 0 Å². The van der Waals surface area contributed by atoms with E-state index in [-0.39, 0.29) is 0 Å². The lowest BCUT2D eigenvalue weighted by Gasteiger charge is -2.20. The summed E-state index contributed by atoms with van der Waals surface area (Å²) < 4.78 is 5.06. The van der Waals surface area contributed by atoms with Crippen LogP contribution >= 0.6 is 0 Å². The number of likely N-dealkylation sites (N-methyl/N-ethyl adjacent to an activating group) is 2. The van der Waals surface area contributed by atoms with Gasteiger partial charge in [0.1, 0.15) is 0 Å². The molecule has 0 saturated heterocycles. The van der Waals surface area contributed by atoms with Crippen LogP contribution in [0.3, 0.4) is 0 Å².